The fourth-order valence-electron chi connectivity index (χ4n) is 1.93. The van der Waals surface area contributed by atoms with Crippen LogP contribution in [-0.2, 0) is 0 Å². The van der Waals surface area contributed by atoms with Crippen LogP contribution in [0.5, 0.6) is 5.88 Å². The lowest BCUT2D eigenvalue weighted by molar-refractivity contribution is 0.399. The molecule has 114 valence electrons. The van der Waals surface area contributed by atoms with E-state index in [0.717, 1.165) is 11.1 Å². The number of hydrogen-bond donors (Lipinski definition) is 0. The second-order valence-corrected chi connectivity index (χ2v) is 7.45. The first-order chi connectivity index (χ1) is 11.3. The second-order valence-electron chi connectivity index (χ2n) is 4.42. The van der Waals surface area contributed by atoms with Crippen LogP contribution < -0.4 is 4.74 Å². The van der Waals surface area contributed by atoms with Gasteiger partial charge in [0, 0.05) is 12.3 Å². The van der Waals surface area contributed by atoms with Gasteiger partial charge < -0.3 is 4.74 Å². The Bertz CT molecular complexity index is 953. The quantitative estimate of drug-likeness (QED) is 0.411. The molecule has 4 rings (SSSR count). The number of aromatic nitrogens is 7. The van der Waals surface area contributed by atoms with Crippen molar-refractivity contribution in [2.75, 3.05) is 7.11 Å². The molecule has 1 atom stereocenters. The number of hydrogen-bond acceptors (Lipinski definition) is 8. The van der Waals surface area contributed by atoms with Crippen molar-refractivity contribution in [2.45, 2.75) is 5.16 Å². The summed E-state index contributed by atoms with van der Waals surface area (Å²) >= 11 is 0. The molecule has 4 aromatic rings. The molecule has 0 aliphatic carbocycles. The first-order valence-corrected chi connectivity index (χ1v) is 9.13. The number of nitrogens with zero attached hydrogens (tertiary/aromatic N) is 7. The zero-order valence-corrected chi connectivity index (χ0v) is 13.5. The van der Waals surface area contributed by atoms with Crippen LogP contribution in [0.2, 0.25) is 0 Å². The van der Waals surface area contributed by atoms with Crippen molar-refractivity contribution < 1.29 is 4.74 Å². The SMILES string of the molecule is COc1ccc2c[s+](Sc3nnnn3-c3cccnc3)nc2n1. The minimum atomic E-state index is -0.433. The van der Waals surface area contributed by atoms with E-state index in [-0.39, 0.29) is 0 Å². The lowest BCUT2D eigenvalue weighted by Gasteiger charge is -1.97. The maximum atomic E-state index is 5.13. The van der Waals surface area contributed by atoms with Gasteiger partial charge in [-0.1, -0.05) is 5.10 Å². The van der Waals surface area contributed by atoms with Crippen LogP contribution in [0.3, 0.4) is 0 Å². The number of ether oxygens (including phenoxy) is 1. The van der Waals surface area contributed by atoms with Crippen LogP contribution in [0.15, 0.2) is 47.2 Å². The number of rotatable bonds is 4. The van der Waals surface area contributed by atoms with Crippen LogP contribution in [0, 0.1) is 0 Å². The van der Waals surface area contributed by atoms with Crippen molar-refractivity contribution in [1.29, 1.82) is 0 Å². The van der Waals surface area contributed by atoms with Crippen molar-refractivity contribution in [2.24, 2.45) is 0 Å². The summed E-state index contributed by atoms with van der Waals surface area (Å²) < 4.78 is 11.4. The van der Waals surface area contributed by atoms with Gasteiger partial charge in [0.1, 0.15) is 0 Å². The molecule has 0 spiro atoms. The lowest BCUT2D eigenvalue weighted by Crippen LogP contribution is -1.98. The molecule has 4 heterocycles. The highest BCUT2D eigenvalue weighted by Crippen LogP contribution is 2.38. The fourth-order valence-corrected chi connectivity index (χ4v) is 4.77. The van der Waals surface area contributed by atoms with Crippen molar-refractivity contribution >= 4 is 31.5 Å². The Morgan fingerprint density at radius 1 is 1.26 bits per heavy atom. The molecule has 0 saturated heterocycles. The van der Waals surface area contributed by atoms with E-state index in [1.54, 1.807) is 24.2 Å². The van der Waals surface area contributed by atoms with Crippen LogP contribution in [-0.4, -0.2) is 41.7 Å². The normalized spacial score (nSPS) is 11.8. The lowest BCUT2D eigenvalue weighted by atomic mass is 10.4. The van der Waals surface area contributed by atoms with E-state index in [2.05, 4.69) is 35.2 Å². The van der Waals surface area contributed by atoms with Crippen LogP contribution in [0.25, 0.3) is 16.7 Å². The average molecular weight is 344 g/mol. The molecule has 0 aromatic carbocycles. The van der Waals surface area contributed by atoms with Crippen molar-refractivity contribution in [3.63, 3.8) is 0 Å². The van der Waals surface area contributed by atoms with E-state index in [1.807, 2.05) is 24.3 Å². The first-order valence-electron chi connectivity index (χ1n) is 6.55. The summed E-state index contributed by atoms with van der Waals surface area (Å²) in [6.07, 6.45) is 3.42. The predicted molar refractivity (Wildman–Crippen MR) is 86.8 cm³/mol. The van der Waals surface area contributed by atoms with Gasteiger partial charge >= 0.3 is 0 Å². The van der Waals surface area contributed by atoms with Crippen molar-refractivity contribution in [3.8, 4) is 11.6 Å². The minimum Gasteiger partial charge on any atom is -0.481 e. The van der Waals surface area contributed by atoms with Gasteiger partial charge in [0.15, 0.2) is 15.1 Å². The zero-order chi connectivity index (χ0) is 15.6. The molecule has 1 unspecified atom stereocenters. The molecular formula is C13H10N7OS2+. The van der Waals surface area contributed by atoms with E-state index in [9.17, 15) is 0 Å². The molecule has 0 aliphatic rings. The molecule has 23 heavy (non-hydrogen) atoms. The average Bonchev–Trinajstić information content (AvgIpc) is 3.21. The van der Waals surface area contributed by atoms with Gasteiger partial charge in [-0.25, -0.2) is 0 Å². The van der Waals surface area contributed by atoms with Gasteiger partial charge in [0.05, 0.1) is 24.4 Å². The molecule has 0 saturated carbocycles. The number of methoxy groups -OCH3 is 1. The van der Waals surface area contributed by atoms with Crippen molar-refractivity contribution in [3.05, 3.63) is 42.0 Å². The summed E-state index contributed by atoms with van der Waals surface area (Å²) in [7, 11) is 2.63. The summed E-state index contributed by atoms with van der Waals surface area (Å²) in [4.78, 5) is 8.42. The van der Waals surface area contributed by atoms with Gasteiger partial charge in [-0.2, -0.15) is 9.67 Å². The van der Waals surface area contributed by atoms with E-state index in [4.69, 9.17) is 4.74 Å². The standard InChI is InChI=1S/C13H10N7OS2/c1-21-11-5-4-9-8-23(17-12(9)15-11)22-13-16-18-19-20(13)10-3-2-6-14-7-10/h2-8H,1H3/q+1. The third-order valence-corrected chi connectivity index (χ3v) is 5.84. The number of pyridine rings is 2. The molecule has 0 radical (unpaired) electrons. The molecule has 8 nitrogen and oxygen atoms in total. The summed E-state index contributed by atoms with van der Waals surface area (Å²) in [6.45, 7) is 0. The molecule has 0 amide bonds. The number of fused-ring (bicyclic) bond motifs is 1. The third-order valence-electron chi connectivity index (χ3n) is 2.98. The first kappa shape index (κ1) is 14.0. The Kier molecular flexibility index (Phi) is 3.60. The van der Waals surface area contributed by atoms with E-state index >= 15 is 0 Å². The van der Waals surface area contributed by atoms with Crippen molar-refractivity contribution in [1.82, 2.24) is 34.5 Å². The van der Waals surface area contributed by atoms with E-state index in [0.29, 0.717) is 16.7 Å². The van der Waals surface area contributed by atoms with Gasteiger partial charge in [0.25, 0.3) is 5.16 Å². The topological polar surface area (TPSA) is 91.5 Å². The van der Waals surface area contributed by atoms with Crippen LogP contribution in [0.4, 0.5) is 0 Å². The van der Waals surface area contributed by atoms with Gasteiger partial charge in [0.2, 0.25) is 22.3 Å². The maximum absolute atomic E-state index is 5.13. The fraction of sp³-hybridized carbons (Fsp3) is 0.0769. The summed E-state index contributed by atoms with van der Waals surface area (Å²) in [5.41, 5.74) is 1.49. The highest BCUT2D eigenvalue weighted by atomic mass is 33.1. The summed E-state index contributed by atoms with van der Waals surface area (Å²) in [6, 6.07) is 7.50. The molecule has 0 aliphatic heterocycles. The highest BCUT2D eigenvalue weighted by Gasteiger charge is 2.22. The zero-order valence-electron chi connectivity index (χ0n) is 11.9. The highest BCUT2D eigenvalue weighted by molar-refractivity contribution is 8.44. The Morgan fingerprint density at radius 3 is 3.04 bits per heavy atom. The second kappa shape index (κ2) is 5.89. The summed E-state index contributed by atoms with van der Waals surface area (Å²) in [5.74, 6) is 0.552. The molecule has 0 fully saturated rings. The Balaban J connectivity index is 1.68. The predicted octanol–water partition coefficient (Wildman–Crippen LogP) is 2.31. The van der Waals surface area contributed by atoms with Gasteiger partial charge in [-0.15, -0.1) is 0 Å². The molecule has 10 heteroatoms. The van der Waals surface area contributed by atoms with Gasteiger partial charge in [-0.3, -0.25) is 4.98 Å². The maximum Gasteiger partial charge on any atom is 0.273 e. The monoisotopic (exact) mass is 344 g/mol. The largest absolute Gasteiger partial charge is 0.481 e. The smallest absolute Gasteiger partial charge is 0.273 e. The van der Waals surface area contributed by atoms with E-state index in [1.165, 1.54) is 10.8 Å². The number of tetrazole rings is 1. The third kappa shape index (κ3) is 2.73. The summed E-state index contributed by atoms with van der Waals surface area (Å²) in [5, 5.41) is 15.5. The molecular weight excluding hydrogens is 334 g/mol. The molecule has 0 N–H and O–H groups in total. The van der Waals surface area contributed by atoms with Gasteiger partial charge in [-0.05, 0) is 33.0 Å². The van der Waals surface area contributed by atoms with Crippen LogP contribution in [0.1, 0.15) is 0 Å². The Hall–Kier alpha value is -2.59. The Labute approximate surface area is 137 Å². The van der Waals surface area contributed by atoms with E-state index < -0.39 is 9.70 Å². The minimum absolute atomic E-state index is 0.433. The molecule has 4 aromatic heterocycles. The molecule has 0 bridgehead atoms. The van der Waals surface area contributed by atoms with Crippen LogP contribution >= 0.6 is 20.5 Å². The Morgan fingerprint density at radius 2 is 2.22 bits per heavy atom.